The van der Waals surface area contributed by atoms with Gasteiger partial charge in [-0.1, -0.05) is 24.3 Å². The largest absolute Gasteiger partial charge is 0.328 e. The van der Waals surface area contributed by atoms with Crippen LogP contribution in [-0.4, -0.2) is 18.1 Å². The SMILES string of the molecule is NC1CCC(NC2C3CCC2Cc2ccccc2C3)CC1. The van der Waals surface area contributed by atoms with Crippen LogP contribution in [0, 0.1) is 11.8 Å². The molecule has 2 saturated carbocycles. The summed E-state index contributed by atoms with van der Waals surface area (Å²) in [5, 5.41) is 4.06. The lowest BCUT2D eigenvalue weighted by Crippen LogP contribution is -2.47. The molecule has 1 aromatic rings. The van der Waals surface area contributed by atoms with Crippen LogP contribution in [0.5, 0.6) is 0 Å². The van der Waals surface area contributed by atoms with Gasteiger partial charge in [0.15, 0.2) is 0 Å². The van der Waals surface area contributed by atoms with Gasteiger partial charge < -0.3 is 11.1 Å². The number of benzene rings is 1. The Morgan fingerprint density at radius 1 is 0.810 bits per heavy atom. The van der Waals surface area contributed by atoms with E-state index in [4.69, 9.17) is 5.73 Å². The van der Waals surface area contributed by atoms with Crippen molar-refractivity contribution in [1.82, 2.24) is 5.32 Å². The lowest BCUT2D eigenvalue weighted by molar-refractivity contribution is 0.257. The maximum atomic E-state index is 6.05. The Labute approximate surface area is 128 Å². The topological polar surface area (TPSA) is 38.0 Å². The highest BCUT2D eigenvalue weighted by molar-refractivity contribution is 5.30. The smallest absolute Gasteiger partial charge is 0.0132 e. The molecule has 0 heterocycles. The van der Waals surface area contributed by atoms with Crippen molar-refractivity contribution in [1.29, 1.82) is 0 Å². The third-order valence-electron chi connectivity index (χ3n) is 6.21. The van der Waals surface area contributed by atoms with E-state index in [1.54, 1.807) is 11.1 Å². The van der Waals surface area contributed by atoms with Crippen LogP contribution in [0.1, 0.15) is 49.7 Å². The van der Waals surface area contributed by atoms with E-state index in [0.717, 1.165) is 23.9 Å². The number of fused-ring (bicyclic) bond motifs is 3. The van der Waals surface area contributed by atoms with Gasteiger partial charge in [0.1, 0.15) is 0 Å². The van der Waals surface area contributed by atoms with E-state index in [1.165, 1.54) is 51.4 Å². The molecular formula is C19H28N2. The Balaban J connectivity index is 1.48. The first-order valence-corrected chi connectivity index (χ1v) is 8.88. The van der Waals surface area contributed by atoms with Gasteiger partial charge in [-0.3, -0.25) is 0 Å². The zero-order chi connectivity index (χ0) is 14.2. The lowest BCUT2D eigenvalue weighted by Gasteiger charge is -2.33. The van der Waals surface area contributed by atoms with E-state index in [0.29, 0.717) is 6.04 Å². The molecule has 2 bridgehead atoms. The van der Waals surface area contributed by atoms with Crippen molar-refractivity contribution in [3.05, 3.63) is 35.4 Å². The number of nitrogens with two attached hydrogens (primary N) is 1. The van der Waals surface area contributed by atoms with Gasteiger partial charge in [-0.2, -0.15) is 0 Å². The minimum absolute atomic E-state index is 0.457. The molecule has 2 unspecified atom stereocenters. The Morgan fingerprint density at radius 2 is 1.38 bits per heavy atom. The molecular weight excluding hydrogens is 256 g/mol. The van der Waals surface area contributed by atoms with Crippen LogP contribution in [-0.2, 0) is 12.8 Å². The number of rotatable bonds is 2. The van der Waals surface area contributed by atoms with Crippen LogP contribution in [0.3, 0.4) is 0 Å². The van der Waals surface area contributed by atoms with Gasteiger partial charge >= 0.3 is 0 Å². The standard InChI is InChI=1S/C19H28N2/c20-17-7-9-18(10-8-17)21-19-15-5-6-16(19)12-14-4-2-1-3-13(14)11-15/h1-4,15-19,21H,5-12,20H2. The predicted octanol–water partition coefficient (Wildman–Crippen LogP) is 3.04. The Hall–Kier alpha value is -0.860. The highest BCUT2D eigenvalue weighted by Gasteiger charge is 2.39. The average Bonchev–Trinajstić information content (AvgIpc) is 2.76. The van der Waals surface area contributed by atoms with Gasteiger partial charge in [-0.25, -0.2) is 0 Å². The number of hydrogen-bond acceptors (Lipinski definition) is 2. The molecule has 2 atom stereocenters. The molecule has 0 radical (unpaired) electrons. The minimum atomic E-state index is 0.457. The maximum Gasteiger partial charge on any atom is 0.0132 e. The average molecular weight is 284 g/mol. The van der Waals surface area contributed by atoms with E-state index < -0.39 is 0 Å². The summed E-state index contributed by atoms with van der Waals surface area (Å²) in [6.45, 7) is 0. The van der Waals surface area contributed by atoms with Gasteiger partial charge in [0.25, 0.3) is 0 Å². The van der Waals surface area contributed by atoms with Gasteiger partial charge in [0, 0.05) is 18.1 Å². The first-order chi connectivity index (χ1) is 10.3. The van der Waals surface area contributed by atoms with Crippen LogP contribution in [0.2, 0.25) is 0 Å². The van der Waals surface area contributed by atoms with Crippen molar-refractivity contribution in [2.45, 2.75) is 69.5 Å². The van der Waals surface area contributed by atoms with Gasteiger partial charge in [-0.15, -0.1) is 0 Å². The van der Waals surface area contributed by atoms with Crippen molar-refractivity contribution < 1.29 is 0 Å². The fourth-order valence-corrected chi connectivity index (χ4v) is 4.98. The molecule has 2 fully saturated rings. The Kier molecular flexibility index (Phi) is 3.76. The highest BCUT2D eigenvalue weighted by atomic mass is 15.0. The second-order valence-corrected chi connectivity index (χ2v) is 7.58. The van der Waals surface area contributed by atoms with Crippen LogP contribution in [0.4, 0.5) is 0 Å². The molecule has 0 aliphatic heterocycles. The quantitative estimate of drug-likeness (QED) is 0.876. The summed E-state index contributed by atoms with van der Waals surface area (Å²) >= 11 is 0. The van der Waals surface area contributed by atoms with Crippen molar-refractivity contribution >= 4 is 0 Å². The zero-order valence-electron chi connectivity index (χ0n) is 12.9. The van der Waals surface area contributed by atoms with Crippen LogP contribution in [0.15, 0.2) is 24.3 Å². The lowest BCUT2D eigenvalue weighted by atomic mass is 9.88. The van der Waals surface area contributed by atoms with E-state index in [9.17, 15) is 0 Å². The number of nitrogens with one attached hydrogen (secondary N) is 1. The van der Waals surface area contributed by atoms with E-state index in [-0.39, 0.29) is 0 Å². The van der Waals surface area contributed by atoms with E-state index in [2.05, 4.69) is 29.6 Å². The van der Waals surface area contributed by atoms with Gasteiger partial charge in [-0.05, 0) is 74.3 Å². The molecule has 2 heteroatoms. The normalized spacial score (nSPS) is 38.8. The molecule has 3 aliphatic rings. The summed E-state index contributed by atoms with van der Waals surface area (Å²) in [7, 11) is 0. The fraction of sp³-hybridized carbons (Fsp3) is 0.684. The minimum Gasteiger partial charge on any atom is -0.328 e. The van der Waals surface area contributed by atoms with Crippen LogP contribution >= 0.6 is 0 Å². The van der Waals surface area contributed by atoms with Crippen LogP contribution in [0.25, 0.3) is 0 Å². The highest BCUT2D eigenvalue weighted by Crippen LogP contribution is 2.40. The second-order valence-electron chi connectivity index (χ2n) is 7.58. The third kappa shape index (κ3) is 2.76. The van der Waals surface area contributed by atoms with Crippen LogP contribution < -0.4 is 11.1 Å². The maximum absolute atomic E-state index is 6.05. The zero-order valence-corrected chi connectivity index (χ0v) is 12.9. The summed E-state index contributed by atoms with van der Waals surface area (Å²) in [6, 6.07) is 11.1. The molecule has 0 spiro atoms. The number of hydrogen-bond donors (Lipinski definition) is 2. The summed E-state index contributed by atoms with van der Waals surface area (Å²) in [6.07, 6.45) is 10.4. The molecule has 114 valence electrons. The molecule has 21 heavy (non-hydrogen) atoms. The molecule has 0 saturated heterocycles. The fourth-order valence-electron chi connectivity index (χ4n) is 4.98. The summed E-state index contributed by atoms with van der Waals surface area (Å²) < 4.78 is 0. The molecule has 0 aromatic heterocycles. The molecule has 4 rings (SSSR count). The van der Waals surface area contributed by atoms with E-state index in [1.807, 2.05) is 0 Å². The summed E-state index contributed by atoms with van der Waals surface area (Å²) in [5.41, 5.74) is 9.28. The molecule has 3 aliphatic carbocycles. The Bertz CT molecular complexity index is 457. The third-order valence-corrected chi connectivity index (χ3v) is 6.21. The van der Waals surface area contributed by atoms with Crippen molar-refractivity contribution in [3.8, 4) is 0 Å². The molecule has 1 aromatic carbocycles. The van der Waals surface area contributed by atoms with Gasteiger partial charge in [0.2, 0.25) is 0 Å². The summed E-state index contributed by atoms with van der Waals surface area (Å²) in [4.78, 5) is 0. The summed E-state index contributed by atoms with van der Waals surface area (Å²) in [5.74, 6) is 1.71. The monoisotopic (exact) mass is 284 g/mol. The predicted molar refractivity (Wildman–Crippen MR) is 87.2 cm³/mol. The molecule has 0 amide bonds. The molecule has 2 nitrogen and oxygen atoms in total. The second kappa shape index (κ2) is 5.73. The van der Waals surface area contributed by atoms with Crippen molar-refractivity contribution in [2.24, 2.45) is 17.6 Å². The van der Waals surface area contributed by atoms with Crippen molar-refractivity contribution in [3.63, 3.8) is 0 Å². The first kappa shape index (κ1) is 13.8. The Morgan fingerprint density at radius 3 is 1.95 bits per heavy atom. The first-order valence-electron chi connectivity index (χ1n) is 8.88. The van der Waals surface area contributed by atoms with Gasteiger partial charge in [0.05, 0.1) is 0 Å². The van der Waals surface area contributed by atoms with Crippen molar-refractivity contribution in [2.75, 3.05) is 0 Å². The molecule has 3 N–H and O–H groups in total. The van der Waals surface area contributed by atoms with E-state index >= 15 is 0 Å².